The van der Waals surface area contributed by atoms with Gasteiger partial charge in [0.05, 0.1) is 19.8 Å². The quantitative estimate of drug-likeness (QED) is 0.355. The van der Waals surface area contributed by atoms with Gasteiger partial charge in [-0.15, -0.1) is 0 Å². The first-order chi connectivity index (χ1) is 14.6. The number of rotatable bonds is 5. The lowest BCUT2D eigenvalue weighted by Crippen LogP contribution is -2.10. The van der Waals surface area contributed by atoms with Crippen LogP contribution < -0.4 is 18.9 Å². The van der Waals surface area contributed by atoms with E-state index in [2.05, 4.69) is 0 Å². The molecule has 0 aliphatic carbocycles. The zero-order valence-corrected chi connectivity index (χ0v) is 16.4. The molecule has 0 radical (unpaired) electrons. The summed E-state index contributed by atoms with van der Waals surface area (Å²) >= 11 is 0. The van der Waals surface area contributed by atoms with Crippen LogP contribution in [0.3, 0.4) is 0 Å². The van der Waals surface area contributed by atoms with Crippen LogP contribution in [0.1, 0.15) is 26.3 Å². The Morgan fingerprint density at radius 1 is 0.900 bits per heavy atom. The lowest BCUT2D eigenvalue weighted by molar-refractivity contribution is 0.0731. The maximum atomic E-state index is 12.6. The van der Waals surface area contributed by atoms with Crippen molar-refractivity contribution < 1.29 is 28.5 Å². The molecule has 3 aromatic rings. The van der Waals surface area contributed by atoms with E-state index in [4.69, 9.17) is 18.9 Å². The van der Waals surface area contributed by atoms with Gasteiger partial charge in [0.1, 0.15) is 28.6 Å². The molecule has 1 heterocycles. The van der Waals surface area contributed by atoms with Crippen molar-refractivity contribution in [1.82, 2.24) is 0 Å². The number of esters is 1. The molecule has 6 heteroatoms. The summed E-state index contributed by atoms with van der Waals surface area (Å²) in [5.41, 5.74) is 1.51. The van der Waals surface area contributed by atoms with Crippen molar-refractivity contribution in [2.75, 3.05) is 14.2 Å². The molecule has 0 bridgehead atoms. The average Bonchev–Trinajstić information content (AvgIpc) is 3.08. The molecule has 1 aliphatic rings. The Bertz CT molecular complexity index is 1140. The number of ketones is 1. The Morgan fingerprint density at radius 3 is 2.37 bits per heavy atom. The maximum absolute atomic E-state index is 12.6. The second kappa shape index (κ2) is 8.13. The fourth-order valence-corrected chi connectivity index (χ4v) is 3.06. The van der Waals surface area contributed by atoms with Gasteiger partial charge in [-0.2, -0.15) is 0 Å². The number of hydrogen-bond donors (Lipinski definition) is 0. The summed E-state index contributed by atoms with van der Waals surface area (Å²) in [6.45, 7) is 0. The summed E-state index contributed by atoms with van der Waals surface area (Å²) in [7, 11) is 3.07. The normalized spacial score (nSPS) is 13.5. The van der Waals surface area contributed by atoms with Crippen LogP contribution in [0.2, 0.25) is 0 Å². The van der Waals surface area contributed by atoms with E-state index in [9.17, 15) is 9.59 Å². The third-order valence-corrected chi connectivity index (χ3v) is 4.59. The Morgan fingerprint density at radius 2 is 1.63 bits per heavy atom. The second-order valence-electron chi connectivity index (χ2n) is 6.46. The first-order valence-electron chi connectivity index (χ1n) is 9.16. The minimum absolute atomic E-state index is 0.198. The van der Waals surface area contributed by atoms with Gasteiger partial charge in [-0.25, -0.2) is 4.79 Å². The fourth-order valence-electron chi connectivity index (χ4n) is 3.06. The molecule has 0 N–H and O–H groups in total. The minimum atomic E-state index is -0.564. The second-order valence-corrected chi connectivity index (χ2v) is 6.46. The molecule has 6 nitrogen and oxygen atoms in total. The largest absolute Gasteiger partial charge is 0.497 e. The molecular weight excluding hydrogens is 384 g/mol. The van der Waals surface area contributed by atoms with Crippen LogP contribution in [0.4, 0.5) is 0 Å². The van der Waals surface area contributed by atoms with Crippen LogP contribution >= 0.6 is 0 Å². The van der Waals surface area contributed by atoms with Crippen LogP contribution in [0, 0.1) is 0 Å². The van der Waals surface area contributed by atoms with Gasteiger partial charge in [-0.1, -0.05) is 24.3 Å². The van der Waals surface area contributed by atoms with Crippen LogP contribution in [0.5, 0.6) is 23.0 Å². The van der Waals surface area contributed by atoms with Crippen LogP contribution in [0.15, 0.2) is 72.5 Å². The molecule has 0 aromatic heterocycles. The summed E-state index contributed by atoms with van der Waals surface area (Å²) in [6, 6.07) is 18.7. The van der Waals surface area contributed by atoms with E-state index in [1.807, 2.05) is 12.1 Å². The standard InChI is InChI=1S/C24H18O6/c1-27-16-9-7-15(8-10-16)13-22-23(25)18-12-11-17(14-21(18)30-22)29-24(26)19-5-3-4-6-20(19)28-2/h3-14H,1-2H3/b22-13+. The van der Waals surface area contributed by atoms with Gasteiger partial charge in [0, 0.05) is 6.07 Å². The number of ether oxygens (including phenoxy) is 4. The minimum Gasteiger partial charge on any atom is -0.497 e. The molecule has 30 heavy (non-hydrogen) atoms. The molecule has 0 amide bonds. The summed E-state index contributed by atoms with van der Waals surface area (Å²) < 4.78 is 21.5. The van der Waals surface area contributed by atoms with Crippen LogP contribution in [-0.4, -0.2) is 26.0 Å². The molecule has 150 valence electrons. The number of Topliss-reactive ketones (excluding diaryl/α,β-unsaturated/α-hetero) is 1. The SMILES string of the molecule is COc1ccc(/C=C2/Oc3cc(OC(=O)c4ccccc4OC)ccc3C2=O)cc1. The van der Waals surface area contributed by atoms with Crippen molar-refractivity contribution in [3.8, 4) is 23.0 Å². The smallest absolute Gasteiger partial charge is 0.347 e. The Hall–Kier alpha value is -4.06. The number of carbonyl (C=O) groups is 2. The molecule has 0 spiro atoms. The Balaban J connectivity index is 1.54. The Kier molecular flexibility index (Phi) is 5.22. The van der Waals surface area contributed by atoms with Gasteiger partial charge in [0.25, 0.3) is 0 Å². The van der Waals surface area contributed by atoms with Gasteiger partial charge < -0.3 is 18.9 Å². The van der Waals surface area contributed by atoms with Crippen molar-refractivity contribution in [3.05, 3.63) is 89.2 Å². The first kappa shape index (κ1) is 19.3. The summed E-state index contributed by atoms with van der Waals surface area (Å²) in [5, 5.41) is 0. The molecule has 3 aromatic carbocycles. The number of allylic oxidation sites excluding steroid dienone is 1. The van der Waals surface area contributed by atoms with E-state index in [0.29, 0.717) is 22.6 Å². The van der Waals surface area contributed by atoms with E-state index >= 15 is 0 Å². The van der Waals surface area contributed by atoms with Gasteiger partial charge in [-0.3, -0.25) is 4.79 Å². The molecule has 0 saturated heterocycles. The lowest BCUT2D eigenvalue weighted by atomic mass is 10.1. The number of fused-ring (bicyclic) bond motifs is 1. The van der Waals surface area contributed by atoms with Crippen molar-refractivity contribution in [2.45, 2.75) is 0 Å². The zero-order valence-electron chi connectivity index (χ0n) is 16.4. The monoisotopic (exact) mass is 402 g/mol. The van der Waals surface area contributed by atoms with E-state index in [0.717, 1.165) is 11.3 Å². The molecule has 0 saturated carbocycles. The van der Waals surface area contributed by atoms with Gasteiger partial charge in [0.2, 0.25) is 5.78 Å². The zero-order chi connectivity index (χ0) is 21.1. The number of benzene rings is 3. The molecule has 1 aliphatic heterocycles. The van der Waals surface area contributed by atoms with Crippen molar-refractivity contribution in [1.29, 1.82) is 0 Å². The predicted octanol–water partition coefficient (Wildman–Crippen LogP) is 4.54. The third-order valence-electron chi connectivity index (χ3n) is 4.59. The van der Waals surface area contributed by atoms with Gasteiger partial charge in [0.15, 0.2) is 5.76 Å². The highest BCUT2D eigenvalue weighted by Gasteiger charge is 2.28. The molecule has 4 rings (SSSR count). The van der Waals surface area contributed by atoms with E-state index in [1.165, 1.54) is 13.2 Å². The van der Waals surface area contributed by atoms with Gasteiger partial charge >= 0.3 is 5.97 Å². The number of carbonyl (C=O) groups excluding carboxylic acids is 2. The summed E-state index contributed by atoms with van der Waals surface area (Å²) in [5.74, 6) is 1.14. The highest BCUT2D eigenvalue weighted by Crippen LogP contribution is 2.35. The fraction of sp³-hybridized carbons (Fsp3) is 0.0833. The highest BCUT2D eigenvalue weighted by molar-refractivity contribution is 6.14. The summed E-state index contributed by atoms with van der Waals surface area (Å²) in [4.78, 5) is 25.1. The topological polar surface area (TPSA) is 71.1 Å². The average molecular weight is 402 g/mol. The van der Waals surface area contributed by atoms with E-state index in [-0.39, 0.29) is 17.3 Å². The third kappa shape index (κ3) is 3.75. The highest BCUT2D eigenvalue weighted by atomic mass is 16.5. The van der Waals surface area contributed by atoms with Crippen LogP contribution in [0.25, 0.3) is 6.08 Å². The predicted molar refractivity (Wildman–Crippen MR) is 110 cm³/mol. The molecular formula is C24H18O6. The molecule has 0 atom stereocenters. The van der Waals surface area contributed by atoms with E-state index in [1.54, 1.807) is 61.7 Å². The molecule has 0 fully saturated rings. The first-order valence-corrected chi connectivity index (χ1v) is 9.16. The van der Waals surface area contributed by atoms with Crippen molar-refractivity contribution >= 4 is 17.8 Å². The van der Waals surface area contributed by atoms with Crippen molar-refractivity contribution in [3.63, 3.8) is 0 Å². The van der Waals surface area contributed by atoms with E-state index < -0.39 is 5.97 Å². The summed E-state index contributed by atoms with van der Waals surface area (Å²) in [6.07, 6.45) is 1.66. The Labute approximate surface area is 173 Å². The van der Waals surface area contributed by atoms with Crippen molar-refractivity contribution in [2.24, 2.45) is 0 Å². The maximum Gasteiger partial charge on any atom is 0.347 e. The van der Waals surface area contributed by atoms with Crippen LogP contribution in [-0.2, 0) is 0 Å². The van der Waals surface area contributed by atoms with Gasteiger partial charge in [-0.05, 0) is 48.0 Å². The number of methoxy groups -OCH3 is 2. The molecule has 0 unspecified atom stereocenters. The number of hydrogen-bond acceptors (Lipinski definition) is 6. The number of para-hydroxylation sites is 1. The lowest BCUT2D eigenvalue weighted by Gasteiger charge is -2.08.